The van der Waals surface area contributed by atoms with Crippen LogP contribution in [0.3, 0.4) is 0 Å². The van der Waals surface area contributed by atoms with E-state index in [1.807, 2.05) is 36.4 Å². The number of aryl methyl sites for hydroxylation is 1. The van der Waals surface area contributed by atoms with Crippen LogP contribution < -0.4 is 11.0 Å². The van der Waals surface area contributed by atoms with E-state index < -0.39 is 0 Å². The Balaban J connectivity index is 1.79. The van der Waals surface area contributed by atoms with E-state index in [1.54, 1.807) is 34.4 Å². The van der Waals surface area contributed by atoms with Crippen molar-refractivity contribution in [1.82, 2.24) is 19.1 Å². The highest BCUT2D eigenvalue weighted by molar-refractivity contribution is 6.30. The number of fused-ring (bicyclic) bond motifs is 1. The molecule has 0 unspecified atom stereocenters. The molecule has 7 heteroatoms. The first kappa shape index (κ1) is 15.4. The quantitative estimate of drug-likeness (QED) is 0.613. The van der Waals surface area contributed by atoms with E-state index in [0.717, 1.165) is 16.7 Å². The summed E-state index contributed by atoms with van der Waals surface area (Å²) in [5.74, 6) is 1.10. The molecule has 0 aliphatic heterocycles. The molecule has 0 bridgehead atoms. The van der Waals surface area contributed by atoms with Crippen LogP contribution >= 0.6 is 11.6 Å². The third kappa shape index (κ3) is 2.77. The Labute approximate surface area is 148 Å². The second kappa shape index (κ2) is 6.07. The number of halogens is 1. The molecule has 6 nitrogen and oxygen atoms in total. The van der Waals surface area contributed by atoms with E-state index in [9.17, 15) is 4.79 Å². The van der Waals surface area contributed by atoms with E-state index in [1.165, 1.54) is 6.33 Å². The van der Waals surface area contributed by atoms with Gasteiger partial charge in [-0.2, -0.15) is 0 Å². The molecule has 2 aromatic carbocycles. The van der Waals surface area contributed by atoms with Crippen molar-refractivity contribution in [1.29, 1.82) is 0 Å². The largest absolute Gasteiger partial charge is 0.340 e. The fraction of sp³-hybridized carbons (Fsp3) is 0.0556. The molecular formula is C18H14ClN5O. The average molecular weight is 352 g/mol. The summed E-state index contributed by atoms with van der Waals surface area (Å²) >= 11 is 5.90. The number of hydrogen-bond acceptors (Lipinski definition) is 4. The van der Waals surface area contributed by atoms with Crippen LogP contribution in [0, 0.1) is 0 Å². The molecule has 0 spiro atoms. The van der Waals surface area contributed by atoms with Crippen molar-refractivity contribution in [2.75, 3.05) is 5.32 Å². The van der Waals surface area contributed by atoms with Crippen molar-refractivity contribution in [3.05, 3.63) is 76.4 Å². The van der Waals surface area contributed by atoms with Gasteiger partial charge in [0, 0.05) is 23.8 Å². The second-order valence-corrected chi connectivity index (χ2v) is 6.00. The highest BCUT2D eigenvalue weighted by Gasteiger charge is 2.13. The van der Waals surface area contributed by atoms with Gasteiger partial charge in [0.2, 0.25) is 0 Å². The number of rotatable bonds is 3. The molecular weight excluding hydrogens is 338 g/mol. The number of benzene rings is 2. The van der Waals surface area contributed by atoms with Gasteiger partial charge in [-0.15, -0.1) is 0 Å². The minimum Gasteiger partial charge on any atom is -0.340 e. The van der Waals surface area contributed by atoms with E-state index in [2.05, 4.69) is 15.3 Å². The molecule has 1 N–H and O–H groups in total. The zero-order valence-electron chi connectivity index (χ0n) is 13.3. The van der Waals surface area contributed by atoms with Crippen molar-refractivity contribution in [2.24, 2.45) is 7.05 Å². The molecule has 4 aromatic rings. The summed E-state index contributed by atoms with van der Waals surface area (Å²) in [6.07, 6.45) is 1.43. The number of aromatic nitrogens is 4. The number of anilines is 2. The first-order chi connectivity index (χ1) is 12.1. The summed E-state index contributed by atoms with van der Waals surface area (Å²) in [4.78, 5) is 21.1. The monoisotopic (exact) mass is 351 g/mol. The molecule has 2 aromatic heterocycles. The molecule has 0 aliphatic carbocycles. The molecule has 25 heavy (non-hydrogen) atoms. The van der Waals surface area contributed by atoms with Gasteiger partial charge in [-0.1, -0.05) is 23.7 Å². The lowest BCUT2D eigenvalue weighted by atomic mass is 10.3. The molecule has 0 atom stereocenters. The molecule has 0 aliphatic rings. The summed E-state index contributed by atoms with van der Waals surface area (Å²) in [6, 6.07) is 16.6. The van der Waals surface area contributed by atoms with Gasteiger partial charge in [0.05, 0.1) is 11.0 Å². The van der Waals surface area contributed by atoms with Crippen LogP contribution in [0.5, 0.6) is 0 Å². The van der Waals surface area contributed by atoms with Crippen LogP contribution in [0.25, 0.3) is 16.9 Å². The van der Waals surface area contributed by atoms with Crippen molar-refractivity contribution in [2.45, 2.75) is 0 Å². The maximum atomic E-state index is 12.6. The van der Waals surface area contributed by atoms with Crippen LogP contribution in [0.15, 0.2) is 65.7 Å². The minimum absolute atomic E-state index is 0.155. The molecule has 0 saturated carbocycles. The lowest BCUT2D eigenvalue weighted by Gasteiger charge is -2.07. The smallest absolute Gasteiger partial charge is 0.334 e. The fourth-order valence-electron chi connectivity index (χ4n) is 2.73. The Morgan fingerprint density at radius 1 is 1.00 bits per heavy atom. The predicted octanol–water partition coefficient (Wildman–Crippen LogP) is 3.52. The SMILES string of the molecule is Cn1c(=O)n(-c2cc(Nc3ccc(Cl)cc3)ncn2)c2ccccc21. The second-order valence-electron chi connectivity index (χ2n) is 5.56. The number of hydrogen-bond donors (Lipinski definition) is 1. The third-order valence-electron chi connectivity index (χ3n) is 3.96. The highest BCUT2D eigenvalue weighted by Crippen LogP contribution is 2.20. The fourth-order valence-corrected chi connectivity index (χ4v) is 2.86. The van der Waals surface area contributed by atoms with Crippen molar-refractivity contribution in [3.63, 3.8) is 0 Å². The normalized spacial score (nSPS) is 11.0. The summed E-state index contributed by atoms with van der Waals surface area (Å²) in [7, 11) is 1.75. The Bertz CT molecular complexity index is 1110. The molecule has 0 saturated heterocycles. The number of imidazole rings is 1. The molecule has 0 fully saturated rings. The first-order valence-corrected chi connectivity index (χ1v) is 8.03. The zero-order valence-corrected chi connectivity index (χ0v) is 14.1. The van der Waals surface area contributed by atoms with Crippen LogP contribution in [-0.2, 0) is 7.05 Å². The number of nitrogens with one attached hydrogen (secondary N) is 1. The summed E-state index contributed by atoms with van der Waals surface area (Å²) in [6.45, 7) is 0. The van der Waals surface area contributed by atoms with Crippen LogP contribution in [0.4, 0.5) is 11.5 Å². The molecule has 4 rings (SSSR count). The van der Waals surface area contributed by atoms with E-state index in [0.29, 0.717) is 16.7 Å². The van der Waals surface area contributed by atoms with Gasteiger partial charge in [0.1, 0.15) is 18.0 Å². The summed E-state index contributed by atoms with van der Waals surface area (Å²) in [5.41, 5.74) is 2.33. The standard InChI is InChI=1S/C18H14ClN5O/c1-23-14-4-2-3-5-15(14)24(18(23)25)17-10-16(20-11-21-17)22-13-8-6-12(19)7-9-13/h2-11H,1H3,(H,20,21,22). The highest BCUT2D eigenvalue weighted by atomic mass is 35.5. The Morgan fingerprint density at radius 3 is 2.48 bits per heavy atom. The van der Waals surface area contributed by atoms with Gasteiger partial charge in [-0.05, 0) is 36.4 Å². The van der Waals surface area contributed by atoms with Gasteiger partial charge >= 0.3 is 5.69 Å². The molecule has 0 radical (unpaired) electrons. The minimum atomic E-state index is -0.155. The van der Waals surface area contributed by atoms with E-state index >= 15 is 0 Å². The Morgan fingerprint density at radius 2 is 1.72 bits per heavy atom. The van der Waals surface area contributed by atoms with Crippen molar-refractivity contribution >= 4 is 34.1 Å². The van der Waals surface area contributed by atoms with Crippen molar-refractivity contribution in [3.8, 4) is 5.82 Å². The maximum Gasteiger partial charge on any atom is 0.334 e. The van der Waals surface area contributed by atoms with Crippen molar-refractivity contribution < 1.29 is 0 Å². The third-order valence-corrected chi connectivity index (χ3v) is 4.21. The van der Waals surface area contributed by atoms with Gasteiger partial charge in [0.25, 0.3) is 0 Å². The summed E-state index contributed by atoms with van der Waals surface area (Å²) < 4.78 is 3.17. The van der Waals surface area contributed by atoms with Crippen LogP contribution in [-0.4, -0.2) is 19.1 Å². The van der Waals surface area contributed by atoms with Crippen LogP contribution in [0.2, 0.25) is 5.02 Å². The van der Waals surface area contributed by atoms with Gasteiger partial charge in [-0.3, -0.25) is 4.57 Å². The topological polar surface area (TPSA) is 64.7 Å². The van der Waals surface area contributed by atoms with E-state index in [-0.39, 0.29) is 5.69 Å². The molecule has 0 amide bonds. The summed E-state index contributed by atoms with van der Waals surface area (Å²) in [5, 5.41) is 3.85. The lowest BCUT2D eigenvalue weighted by molar-refractivity contribution is 0.832. The van der Waals surface area contributed by atoms with Gasteiger partial charge < -0.3 is 5.32 Å². The first-order valence-electron chi connectivity index (χ1n) is 7.65. The number of nitrogens with zero attached hydrogens (tertiary/aromatic N) is 4. The zero-order chi connectivity index (χ0) is 17.4. The Hall–Kier alpha value is -3.12. The predicted molar refractivity (Wildman–Crippen MR) is 98.8 cm³/mol. The lowest BCUT2D eigenvalue weighted by Crippen LogP contribution is -2.21. The Kier molecular flexibility index (Phi) is 3.74. The maximum absolute atomic E-state index is 12.6. The average Bonchev–Trinajstić information content (AvgIpc) is 2.89. The molecule has 124 valence electrons. The van der Waals surface area contributed by atoms with Gasteiger partial charge in [-0.25, -0.2) is 19.3 Å². The molecule has 2 heterocycles. The van der Waals surface area contributed by atoms with Gasteiger partial charge in [0.15, 0.2) is 0 Å². The van der Waals surface area contributed by atoms with Crippen LogP contribution in [0.1, 0.15) is 0 Å². The number of para-hydroxylation sites is 2. The van der Waals surface area contributed by atoms with E-state index in [4.69, 9.17) is 11.6 Å².